The first-order chi connectivity index (χ1) is 9.22. The van der Waals surface area contributed by atoms with Gasteiger partial charge in [-0.15, -0.1) is 11.3 Å². The molecule has 0 aliphatic heterocycles. The SMILES string of the molecule is Cc1ccccc1-c1noc(Cc2csc(N)n2)n1. The Morgan fingerprint density at radius 2 is 2.11 bits per heavy atom. The lowest BCUT2D eigenvalue weighted by atomic mass is 10.1. The number of hydrogen-bond acceptors (Lipinski definition) is 6. The van der Waals surface area contributed by atoms with E-state index in [9.17, 15) is 0 Å². The third kappa shape index (κ3) is 2.48. The van der Waals surface area contributed by atoms with Crippen molar-refractivity contribution in [3.05, 3.63) is 46.8 Å². The normalized spacial score (nSPS) is 10.8. The van der Waals surface area contributed by atoms with Gasteiger partial charge in [-0.3, -0.25) is 0 Å². The molecule has 0 spiro atoms. The lowest BCUT2D eigenvalue weighted by molar-refractivity contribution is 0.385. The Morgan fingerprint density at radius 3 is 2.84 bits per heavy atom. The quantitative estimate of drug-likeness (QED) is 0.793. The fraction of sp³-hybridized carbons (Fsp3) is 0.154. The Labute approximate surface area is 114 Å². The molecule has 3 rings (SSSR count). The molecule has 1 aromatic carbocycles. The molecule has 96 valence electrons. The van der Waals surface area contributed by atoms with E-state index >= 15 is 0 Å². The fourth-order valence-corrected chi connectivity index (χ4v) is 2.38. The number of anilines is 1. The number of hydrogen-bond donors (Lipinski definition) is 1. The van der Waals surface area contributed by atoms with Crippen molar-refractivity contribution >= 4 is 16.5 Å². The summed E-state index contributed by atoms with van der Waals surface area (Å²) < 4.78 is 5.25. The zero-order valence-corrected chi connectivity index (χ0v) is 11.1. The molecule has 2 heterocycles. The minimum absolute atomic E-state index is 0.507. The van der Waals surface area contributed by atoms with Crippen molar-refractivity contribution in [1.29, 1.82) is 0 Å². The van der Waals surface area contributed by atoms with Crippen molar-refractivity contribution in [2.45, 2.75) is 13.3 Å². The standard InChI is InChI=1S/C13H12N4OS/c1-8-4-2-3-5-10(8)12-16-11(18-17-12)6-9-7-19-13(14)15-9/h2-5,7H,6H2,1H3,(H2,14,15). The highest BCUT2D eigenvalue weighted by molar-refractivity contribution is 7.13. The van der Waals surface area contributed by atoms with Crippen LogP contribution in [-0.4, -0.2) is 15.1 Å². The van der Waals surface area contributed by atoms with Crippen LogP contribution in [0.25, 0.3) is 11.4 Å². The van der Waals surface area contributed by atoms with E-state index in [2.05, 4.69) is 15.1 Å². The molecular weight excluding hydrogens is 260 g/mol. The van der Waals surface area contributed by atoms with Gasteiger partial charge in [-0.2, -0.15) is 4.98 Å². The molecule has 0 unspecified atom stereocenters. The van der Waals surface area contributed by atoms with Crippen LogP contribution < -0.4 is 5.73 Å². The Kier molecular flexibility index (Phi) is 3.00. The molecule has 2 aromatic heterocycles. The molecular formula is C13H12N4OS. The number of thiazole rings is 1. The first-order valence-electron chi connectivity index (χ1n) is 5.81. The molecule has 0 fully saturated rings. The topological polar surface area (TPSA) is 77.8 Å². The number of nitrogens with zero attached hydrogens (tertiary/aromatic N) is 3. The Hall–Kier alpha value is -2.21. The van der Waals surface area contributed by atoms with Crippen molar-refractivity contribution < 1.29 is 4.52 Å². The Balaban J connectivity index is 1.86. The zero-order valence-electron chi connectivity index (χ0n) is 10.3. The summed E-state index contributed by atoms with van der Waals surface area (Å²) in [4.78, 5) is 8.57. The third-order valence-corrected chi connectivity index (χ3v) is 3.48. The summed E-state index contributed by atoms with van der Waals surface area (Å²) in [5.41, 5.74) is 8.54. The van der Waals surface area contributed by atoms with Crippen molar-refractivity contribution in [3.63, 3.8) is 0 Å². The van der Waals surface area contributed by atoms with Crippen LogP contribution in [0.3, 0.4) is 0 Å². The molecule has 0 amide bonds. The number of rotatable bonds is 3. The van der Waals surface area contributed by atoms with Crippen LogP contribution in [0.5, 0.6) is 0 Å². The first-order valence-corrected chi connectivity index (χ1v) is 6.69. The summed E-state index contributed by atoms with van der Waals surface area (Å²) in [6, 6.07) is 7.94. The highest BCUT2D eigenvalue weighted by Gasteiger charge is 2.12. The average Bonchev–Trinajstić information content (AvgIpc) is 3.00. The molecule has 0 bridgehead atoms. The molecule has 0 radical (unpaired) electrons. The Bertz CT molecular complexity index is 704. The number of nitrogens with two attached hydrogens (primary N) is 1. The second-order valence-electron chi connectivity index (χ2n) is 4.18. The minimum Gasteiger partial charge on any atom is -0.375 e. The molecule has 3 aromatic rings. The second kappa shape index (κ2) is 4.81. The van der Waals surface area contributed by atoms with Gasteiger partial charge in [-0.1, -0.05) is 29.4 Å². The van der Waals surface area contributed by atoms with Gasteiger partial charge in [0.05, 0.1) is 12.1 Å². The Morgan fingerprint density at radius 1 is 1.26 bits per heavy atom. The number of aryl methyl sites for hydroxylation is 1. The van der Waals surface area contributed by atoms with Crippen molar-refractivity contribution in [2.75, 3.05) is 5.73 Å². The lowest BCUT2D eigenvalue weighted by Gasteiger charge is -1.97. The number of nitrogen functional groups attached to an aromatic ring is 1. The second-order valence-corrected chi connectivity index (χ2v) is 5.07. The molecule has 0 saturated heterocycles. The van der Waals surface area contributed by atoms with Gasteiger partial charge in [0.25, 0.3) is 0 Å². The van der Waals surface area contributed by atoms with Gasteiger partial charge >= 0.3 is 0 Å². The van der Waals surface area contributed by atoms with Crippen LogP contribution in [0, 0.1) is 6.92 Å². The first kappa shape index (κ1) is 11.9. The van der Waals surface area contributed by atoms with E-state index in [4.69, 9.17) is 10.3 Å². The van der Waals surface area contributed by atoms with Crippen molar-refractivity contribution in [3.8, 4) is 11.4 Å². The van der Waals surface area contributed by atoms with Crippen LogP contribution in [0.4, 0.5) is 5.13 Å². The smallest absolute Gasteiger partial charge is 0.233 e. The molecule has 5 nitrogen and oxygen atoms in total. The van der Waals surface area contributed by atoms with Crippen LogP contribution in [0.2, 0.25) is 0 Å². The molecule has 0 atom stereocenters. The summed E-state index contributed by atoms with van der Waals surface area (Å²) >= 11 is 1.41. The molecule has 0 aliphatic rings. The summed E-state index contributed by atoms with van der Waals surface area (Å²) in [5, 5.41) is 6.45. The van der Waals surface area contributed by atoms with E-state index in [1.54, 1.807) is 0 Å². The maximum atomic E-state index is 5.59. The highest BCUT2D eigenvalue weighted by atomic mass is 32.1. The fourth-order valence-electron chi connectivity index (χ4n) is 1.82. The van der Waals surface area contributed by atoms with Gasteiger partial charge in [-0.25, -0.2) is 4.98 Å². The van der Waals surface area contributed by atoms with E-state index in [-0.39, 0.29) is 0 Å². The number of aromatic nitrogens is 3. The van der Waals surface area contributed by atoms with Gasteiger partial charge < -0.3 is 10.3 Å². The maximum absolute atomic E-state index is 5.59. The predicted octanol–water partition coefficient (Wildman–Crippen LogP) is 2.67. The van der Waals surface area contributed by atoms with Gasteiger partial charge in [0, 0.05) is 10.9 Å². The van der Waals surface area contributed by atoms with Gasteiger partial charge in [0.2, 0.25) is 11.7 Å². The molecule has 0 aliphatic carbocycles. The monoisotopic (exact) mass is 272 g/mol. The van der Waals surface area contributed by atoms with Crippen LogP contribution in [0.1, 0.15) is 17.1 Å². The summed E-state index contributed by atoms with van der Waals surface area (Å²) in [7, 11) is 0. The summed E-state index contributed by atoms with van der Waals surface area (Å²) in [6.07, 6.45) is 0.507. The molecule has 0 saturated carbocycles. The number of benzene rings is 1. The van der Waals surface area contributed by atoms with Crippen molar-refractivity contribution in [2.24, 2.45) is 0 Å². The maximum Gasteiger partial charge on any atom is 0.233 e. The highest BCUT2D eigenvalue weighted by Crippen LogP contribution is 2.21. The van der Waals surface area contributed by atoms with E-state index in [0.717, 1.165) is 16.8 Å². The largest absolute Gasteiger partial charge is 0.375 e. The zero-order chi connectivity index (χ0) is 13.2. The van der Waals surface area contributed by atoms with E-state index in [0.29, 0.717) is 23.3 Å². The van der Waals surface area contributed by atoms with E-state index < -0.39 is 0 Å². The summed E-state index contributed by atoms with van der Waals surface area (Å²) in [5.74, 6) is 1.15. The minimum atomic E-state index is 0.507. The van der Waals surface area contributed by atoms with Crippen molar-refractivity contribution in [1.82, 2.24) is 15.1 Å². The van der Waals surface area contributed by atoms with Crippen LogP contribution >= 0.6 is 11.3 Å². The van der Waals surface area contributed by atoms with Gasteiger partial charge in [0.15, 0.2) is 5.13 Å². The van der Waals surface area contributed by atoms with Gasteiger partial charge in [0.1, 0.15) is 0 Å². The molecule has 6 heteroatoms. The van der Waals surface area contributed by atoms with E-state index in [1.165, 1.54) is 11.3 Å². The van der Waals surface area contributed by atoms with E-state index in [1.807, 2.05) is 36.6 Å². The van der Waals surface area contributed by atoms with Crippen LogP contribution in [0.15, 0.2) is 34.2 Å². The molecule has 19 heavy (non-hydrogen) atoms. The third-order valence-electron chi connectivity index (χ3n) is 2.76. The average molecular weight is 272 g/mol. The summed E-state index contributed by atoms with van der Waals surface area (Å²) in [6.45, 7) is 2.02. The predicted molar refractivity (Wildman–Crippen MR) is 73.8 cm³/mol. The molecule has 2 N–H and O–H groups in total. The van der Waals surface area contributed by atoms with Gasteiger partial charge in [-0.05, 0) is 12.5 Å². The lowest BCUT2D eigenvalue weighted by Crippen LogP contribution is -1.90. The van der Waals surface area contributed by atoms with Crippen LogP contribution in [-0.2, 0) is 6.42 Å².